The van der Waals surface area contributed by atoms with Gasteiger partial charge in [-0.2, -0.15) is 4.73 Å². The summed E-state index contributed by atoms with van der Waals surface area (Å²) < 4.78 is 0.836. The number of pyridine rings is 1. The molecule has 0 spiro atoms. The lowest BCUT2D eigenvalue weighted by molar-refractivity contribution is -0.645. The number of aryl methyl sites for hydroxylation is 1. The van der Waals surface area contributed by atoms with E-state index in [1.165, 1.54) is 28.4 Å². The smallest absolute Gasteiger partial charge is 0.259 e. The largest absolute Gasteiger partial charge is 0.618 e. The molecule has 0 aliphatic heterocycles. The Balaban J connectivity index is 1.71. The van der Waals surface area contributed by atoms with E-state index in [0.29, 0.717) is 16.8 Å². The van der Waals surface area contributed by atoms with Gasteiger partial charge in [0.05, 0.1) is 10.6 Å². The Kier molecular flexibility index (Phi) is 4.29. The minimum absolute atomic E-state index is 0.0532. The summed E-state index contributed by atoms with van der Waals surface area (Å²) in [4.78, 5) is 22.5. The van der Waals surface area contributed by atoms with E-state index >= 15 is 0 Å². The van der Waals surface area contributed by atoms with Crippen LogP contribution < -0.4 is 10.3 Å². The SMILES string of the molecule is CC1CCc2c(sc3nc(C(C)Sc4cccc[n+]4[O-])[nH]c(=O)c23)C1. The van der Waals surface area contributed by atoms with E-state index in [4.69, 9.17) is 4.98 Å². The molecule has 0 fully saturated rings. The van der Waals surface area contributed by atoms with Gasteiger partial charge in [-0.3, -0.25) is 4.79 Å². The minimum atomic E-state index is -0.113. The number of aromatic amines is 1. The van der Waals surface area contributed by atoms with Crippen molar-refractivity contribution in [3.8, 4) is 0 Å². The number of thioether (sulfide) groups is 1. The molecule has 3 aromatic rings. The highest BCUT2D eigenvalue weighted by molar-refractivity contribution is 7.99. The molecule has 0 saturated heterocycles. The summed E-state index contributed by atoms with van der Waals surface area (Å²) >= 11 is 3.05. The molecular weight excluding hydrogens is 354 g/mol. The molecule has 5 nitrogen and oxygen atoms in total. The molecule has 0 radical (unpaired) electrons. The van der Waals surface area contributed by atoms with Crippen LogP contribution in [0.15, 0.2) is 34.2 Å². The first kappa shape index (κ1) is 16.6. The summed E-state index contributed by atoms with van der Waals surface area (Å²) in [6.07, 6.45) is 4.60. The molecular formula is C18H19N3O2S2. The molecule has 1 N–H and O–H groups in total. The number of thiophene rings is 1. The lowest BCUT2D eigenvalue weighted by Gasteiger charge is -2.17. The molecule has 1 aliphatic carbocycles. The number of nitrogens with one attached hydrogen (secondary N) is 1. The van der Waals surface area contributed by atoms with Gasteiger partial charge < -0.3 is 10.2 Å². The van der Waals surface area contributed by atoms with Crippen LogP contribution in [0.25, 0.3) is 10.2 Å². The summed E-state index contributed by atoms with van der Waals surface area (Å²) in [6.45, 7) is 4.21. The second-order valence-electron chi connectivity index (χ2n) is 6.61. The Labute approximate surface area is 153 Å². The second kappa shape index (κ2) is 6.46. The number of fused-ring (bicyclic) bond motifs is 3. The molecule has 1 aliphatic rings. The van der Waals surface area contributed by atoms with Gasteiger partial charge in [0.25, 0.3) is 10.6 Å². The van der Waals surface area contributed by atoms with Gasteiger partial charge in [-0.15, -0.1) is 11.3 Å². The lowest BCUT2D eigenvalue weighted by atomic mass is 9.89. The van der Waals surface area contributed by atoms with Crippen LogP contribution in [0, 0.1) is 11.1 Å². The molecule has 2 unspecified atom stereocenters. The van der Waals surface area contributed by atoms with E-state index < -0.39 is 0 Å². The molecule has 2 atom stereocenters. The fraction of sp³-hybridized carbons (Fsp3) is 0.389. The first-order chi connectivity index (χ1) is 12.0. The molecule has 0 aromatic carbocycles. The zero-order chi connectivity index (χ0) is 17.6. The molecule has 130 valence electrons. The maximum atomic E-state index is 12.7. The molecule has 3 heterocycles. The average molecular weight is 374 g/mol. The van der Waals surface area contributed by atoms with Crippen molar-refractivity contribution in [2.45, 2.75) is 43.4 Å². The Morgan fingerprint density at radius 2 is 2.32 bits per heavy atom. The maximum absolute atomic E-state index is 12.7. The van der Waals surface area contributed by atoms with Gasteiger partial charge in [0.15, 0.2) is 6.20 Å². The van der Waals surface area contributed by atoms with Crippen LogP contribution in [-0.2, 0) is 12.8 Å². The first-order valence-corrected chi connectivity index (χ1v) is 10.1. The third kappa shape index (κ3) is 3.06. The topological polar surface area (TPSA) is 72.7 Å². The van der Waals surface area contributed by atoms with Crippen molar-refractivity contribution in [3.05, 3.63) is 56.2 Å². The minimum Gasteiger partial charge on any atom is -0.618 e. The molecule has 0 amide bonds. The third-order valence-electron chi connectivity index (χ3n) is 4.65. The van der Waals surface area contributed by atoms with Gasteiger partial charge in [0, 0.05) is 17.0 Å². The summed E-state index contributed by atoms with van der Waals surface area (Å²) in [6, 6.07) is 5.30. The van der Waals surface area contributed by atoms with Crippen molar-refractivity contribution in [1.29, 1.82) is 0 Å². The monoisotopic (exact) mass is 373 g/mol. The van der Waals surface area contributed by atoms with E-state index in [9.17, 15) is 10.0 Å². The van der Waals surface area contributed by atoms with Crippen molar-refractivity contribution in [3.63, 3.8) is 0 Å². The van der Waals surface area contributed by atoms with Gasteiger partial charge in [-0.25, -0.2) is 4.98 Å². The summed E-state index contributed by atoms with van der Waals surface area (Å²) in [5.41, 5.74) is 1.14. The highest BCUT2D eigenvalue weighted by atomic mass is 32.2. The fourth-order valence-electron chi connectivity index (χ4n) is 3.30. The number of H-pyrrole nitrogens is 1. The van der Waals surface area contributed by atoms with Crippen molar-refractivity contribution in [2.75, 3.05) is 0 Å². The van der Waals surface area contributed by atoms with Gasteiger partial charge in [0.2, 0.25) is 0 Å². The van der Waals surface area contributed by atoms with E-state index in [1.54, 1.807) is 23.5 Å². The normalized spacial score (nSPS) is 18.2. The van der Waals surface area contributed by atoms with E-state index in [-0.39, 0.29) is 10.8 Å². The number of hydrogen-bond donors (Lipinski definition) is 1. The number of aromatic nitrogens is 3. The van der Waals surface area contributed by atoms with Crippen molar-refractivity contribution in [1.82, 2.24) is 9.97 Å². The molecule has 0 bridgehead atoms. The third-order valence-corrected chi connectivity index (χ3v) is 6.94. The van der Waals surface area contributed by atoms with Crippen LogP contribution in [0.2, 0.25) is 0 Å². The number of nitrogens with zero attached hydrogens (tertiary/aromatic N) is 2. The quantitative estimate of drug-likeness (QED) is 0.432. The molecule has 3 aromatic heterocycles. The molecule has 25 heavy (non-hydrogen) atoms. The van der Waals surface area contributed by atoms with E-state index in [1.807, 2.05) is 13.0 Å². The van der Waals surface area contributed by atoms with Crippen molar-refractivity contribution >= 4 is 33.3 Å². The van der Waals surface area contributed by atoms with Gasteiger partial charge in [0.1, 0.15) is 10.7 Å². The van der Waals surface area contributed by atoms with Crippen LogP contribution in [0.4, 0.5) is 0 Å². The van der Waals surface area contributed by atoms with Crippen molar-refractivity contribution < 1.29 is 4.73 Å². The zero-order valence-corrected chi connectivity index (χ0v) is 15.7. The number of hydrogen-bond acceptors (Lipinski definition) is 5. The van der Waals surface area contributed by atoms with Crippen LogP contribution in [0.5, 0.6) is 0 Å². The van der Waals surface area contributed by atoms with Crippen LogP contribution in [0.1, 0.15) is 41.8 Å². The Hall–Kier alpha value is -1.86. The fourth-order valence-corrected chi connectivity index (χ4v) is 5.60. The van der Waals surface area contributed by atoms with Crippen molar-refractivity contribution in [2.24, 2.45) is 5.92 Å². The first-order valence-electron chi connectivity index (χ1n) is 8.42. The van der Waals surface area contributed by atoms with Gasteiger partial charge in [-0.05, 0) is 55.5 Å². The van der Waals surface area contributed by atoms with E-state index in [2.05, 4.69) is 11.9 Å². The maximum Gasteiger partial charge on any atom is 0.259 e. The predicted molar refractivity (Wildman–Crippen MR) is 101 cm³/mol. The van der Waals surface area contributed by atoms with Crippen LogP contribution >= 0.6 is 23.1 Å². The van der Waals surface area contributed by atoms with Crippen LogP contribution in [-0.4, -0.2) is 9.97 Å². The Bertz CT molecular complexity index is 996. The molecule has 4 rings (SSSR count). The van der Waals surface area contributed by atoms with Crippen LogP contribution in [0.3, 0.4) is 0 Å². The summed E-state index contributed by atoms with van der Waals surface area (Å²) in [5, 5.41) is 13.1. The summed E-state index contributed by atoms with van der Waals surface area (Å²) in [7, 11) is 0. The second-order valence-corrected chi connectivity index (χ2v) is 9.05. The lowest BCUT2D eigenvalue weighted by Crippen LogP contribution is -2.28. The highest BCUT2D eigenvalue weighted by Crippen LogP contribution is 2.37. The zero-order valence-electron chi connectivity index (χ0n) is 14.1. The average Bonchev–Trinajstić information content (AvgIpc) is 2.94. The molecule has 0 saturated carbocycles. The Morgan fingerprint density at radius 3 is 3.12 bits per heavy atom. The standard InChI is InChI=1S/C18H19N3O2S2/c1-10-6-7-12-13(9-10)25-18-15(12)17(22)19-16(20-18)11(2)24-14-5-3-4-8-21(14)23/h3-5,8,10-11H,6-7,9H2,1-2H3,(H,19,20,22). The number of rotatable bonds is 3. The summed E-state index contributed by atoms with van der Waals surface area (Å²) in [5.74, 6) is 1.29. The highest BCUT2D eigenvalue weighted by Gasteiger charge is 2.24. The molecule has 7 heteroatoms. The van der Waals surface area contributed by atoms with Gasteiger partial charge in [-0.1, -0.05) is 6.92 Å². The van der Waals surface area contributed by atoms with Gasteiger partial charge >= 0.3 is 0 Å². The predicted octanol–water partition coefficient (Wildman–Crippen LogP) is 3.60. The van der Waals surface area contributed by atoms with E-state index in [0.717, 1.165) is 34.2 Å². The Morgan fingerprint density at radius 1 is 1.48 bits per heavy atom.